The van der Waals surface area contributed by atoms with E-state index in [1.807, 2.05) is 19.9 Å². The number of halogens is 1. The van der Waals surface area contributed by atoms with Crippen LogP contribution >= 0.6 is 11.6 Å². The van der Waals surface area contributed by atoms with E-state index in [1.54, 1.807) is 4.57 Å². The summed E-state index contributed by atoms with van der Waals surface area (Å²) in [6, 6.07) is 3.34. The Morgan fingerprint density at radius 2 is 2.06 bits per heavy atom. The Hall–Kier alpha value is -1.09. The van der Waals surface area contributed by atoms with Gasteiger partial charge in [0.15, 0.2) is 0 Å². The van der Waals surface area contributed by atoms with Crippen molar-refractivity contribution in [3.63, 3.8) is 0 Å². The number of aromatic nitrogens is 1. The van der Waals surface area contributed by atoms with Crippen LogP contribution in [0, 0.1) is 0 Å². The van der Waals surface area contributed by atoms with Gasteiger partial charge in [-0.05, 0) is 36.1 Å². The average molecular weight is 256 g/mol. The summed E-state index contributed by atoms with van der Waals surface area (Å²) in [4.78, 5) is 23.2. The lowest BCUT2D eigenvalue weighted by Gasteiger charge is -2.16. The summed E-state index contributed by atoms with van der Waals surface area (Å²) in [6.07, 6.45) is 1.92. The summed E-state index contributed by atoms with van der Waals surface area (Å²) in [5.74, 6) is 0.249. The van der Waals surface area contributed by atoms with E-state index in [0.717, 1.165) is 18.5 Å². The lowest BCUT2D eigenvalue weighted by molar-refractivity contribution is 0.107. The van der Waals surface area contributed by atoms with Gasteiger partial charge in [-0.1, -0.05) is 27.2 Å². The van der Waals surface area contributed by atoms with Crippen LogP contribution in [0.4, 0.5) is 0 Å². The van der Waals surface area contributed by atoms with E-state index >= 15 is 0 Å². The summed E-state index contributed by atoms with van der Waals surface area (Å²) < 4.78 is 1.67. The van der Waals surface area contributed by atoms with Crippen molar-refractivity contribution < 1.29 is 4.79 Å². The van der Waals surface area contributed by atoms with E-state index in [4.69, 9.17) is 11.6 Å². The van der Waals surface area contributed by atoms with E-state index in [-0.39, 0.29) is 17.0 Å². The molecule has 0 amide bonds. The molecule has 0 aromatic carbocycles. The molecule has 0 atom stereocenters. The van der Waals surface area contributed by atoms with Gasteiger partial charge in [0.2, 0.25) is 0 Å². The number of unbranched alkanes of at least 4 members (excludes halogenated alkanes) is 1. The number of carbonyl (C=O) groups excluding carboxylic acids is 1. The van der Waals surface area contributed by atoms with Crippen LogP contribution < -0.4 is 5.56 Å². The van der Waals surface area contributed by atoms with Gasteiger partial charge >= 0.3 is 0 Å². The highest BCUT2D eigenvalue weighted by atomic mass is 35.5. The van der Waals surface area contributed by atoms with Gasteiger partial charge in [-0.25, -0.2) is 0 Å². The molecule has 0 fully saturated rings. The summed E-state index contributed by atoms with van der Waals surface area (Å²) in [7, 11) is 0. The molecule has 0 aliphatic carbocycles. The van der Waals surface area contributed by atoms with Crippen LogP contribution in [-0.2, 0) is 6.54 Å². The molecule has 1 aromatic heterocycles. The molecular formula is C13H18ClNO2. The number of nitrogens with zero attached hydrogens (tertiary/aromatic N) is 1. The van der Waals surface area contributed by atoms with E-state index < -0.39 is 5.24 Å². The first kappa shape index (κ1) is 14.0. The van der Waals surface area contributed by atoms with Gasteiger partial charge in [0, 0.05) is 12.2 Å². The first-order valence-electron chi connectivity index (χ1n) is 5.92. The smallest absolute Gasteiger partial charge is 0.262 e. The maximum absolute atomic E-state index is 12.1. The molecule has 94 valence electrons. The van der Waals surface area contributed by atoms with Gasteiger partial charge in [-0.15, -0.1) is 0 Å². The fourth-order valence-corrected chi connectivity index (χ4v) is 1.94. The Morgan fingerprint density at radius 3 is 2.53 bits per heavy atom. The third-order valence-corrected chi connectivity index (χ3v) is 2.95. The highest BCUT2D eigenvalue weighted by Crippen LogP contribution is 2.14. The molecule has 3 nitrogen and oxygen atoms in total. The third-order valence-electron chi connectivity index (χ3n) is 2.75. The standard InChI is InChI=1S/C13H18ClNO2/c1-4-5-8-15-11(9(2)3)7-6-10(12(14)16)13(15)17/h6-7,9H,4-5,8H2,1-3H3. The van der Waals surface area contributed by atoms with Gasteiger partial charge in [0.05, 0.1) is 5.56 Å². The zero-order valence-corrected chi connectivity index (χ0v) is 11.3. The fourth-order valence-electron chi connectivity index (χ4n) is 1.79. The molecule has 1 heterocycles. The van der Waals surface area contributed by atoms with Crippen LogP contribution in [0.5, 0.6) is 0 Å². The molecule has 0 aliphatic rings. The zero-order chi connectivity index (χ0) is 13.0. The second-order valence-electron chi connectivity index (χ2n) is 4.41. The lowest BCUT2D eigenvalue weighted by atomic mass is 10.1. The normalized spacial score (nSPS) is 10.9. The van der Waals surface area contributed by atoms with Crippen molar-refractivity contribution in [1.29, 1.82) is 0 Å². The fraction of sp³-hybridized carbons (Fsp3) is 0.538. The highest BCUT2D eigenvalue weighted by Gasteiger charge is 2.14. The van der Waals surface area contributed by atoms with E-state index in [2.05, 4.69) is 6.92 Å². The zero-order valence-electron chi connectivity index (χ0n) is 10.5. The number of hydrogen-bond donors (Lipinski definition) is 0. The van der Waals surface area contributed by atoms with E-state index in [9.17, 15) is 9.59 Å². The molecular weight excluding hydrogens is 238 g/mol. The quantitative estimate of drug-likeness (QED) is 0.758. The largest absolute Gasteiger partial charge is 0.312 e. The van der Waals surface area contributed by atoms with Crippen LogP contribution in [0.25, 0.3) is 0 Å². The lowest BCUT2D eigenvalue weighted by Crippen LogP contribution is -2.28. The van der Waals surface area contributed by atoms with Crippen molar-refractivity contribution in [2.45, 2.75) is 46.1 Å². The van der Waals surface area contributed by atoms with Crippen LogP contribution in [0.15, 0.2) is 16.9 Å². The molecule has 1 aromatic rings. The minimum Gasteiger partial charge on any atom is -0.312 e. The average Bonchev–Trinajstić information content (AvgIpc) is 2.26. The molecule has 0 radical (unpaired) electrons. The predicted molar refractivity (Wildman–Crippen MR) is 69.9 cm³/mol. The molecule has 17 heavy (non-hydrogen) atoms. The van der Waals surface area contributed by atoms with Crippen LogP contribution in [-0.4, -0.2) is 9.81 Å². The molecule has 0 saturated heterocycles. The Balaban J connectivity index is 3.31. The first-order valence-corrected chi connectivity index (χ1v) is 6.30. The Morgan fingerprint density at radius 1 is 1.41 bits per heavy atom. The molecule has 0 aliphatic heterocycles. The predicted octanol–water partition coefficient (Wildman–Crippen LogP) is 3.15. The van der Waals surface area contributed by atoms with Gasteiger partial charge in [-0.3, -0.25) is 9.59 Å². The number of carbonyl (C=O) groups is 1. The van der Waals surface area contributed by atoms with Crippen molar-refractivity contribution in [2.75, 3.05) is 0 Å². The van der Waals surface area contributed by atoms with Crippen molar-refractivity contribution in [3.05, 3.63) is 33.7 Å². The minimum absolute atomic E-state index is 0.0622. The number of hydrogen-bond acceptors (Lipinski definition) is 2. The second-order valence-corrected chi connectivity index (χ2v) is 4.75. The van der Waals surface area contributed by atoms with Gasteiger partial charge < -0.3 is 4.57 Å². The number of rotatable bonds is 5. The van der Waals surface area contributed by atoms with Crippen LogP contribution in [0.3, 0.4) is 0 Å². The maximum Gasteiger partial charge on any atom is 0.262 e. The summed E-state index contributed by atoms with van der Waals surface area (Å²) >= 11 is 5.39. The van der Waals surface area contributed by atoms with E-state index in [1.165, 1.54) is 6.07 Å². The Bertz CT molecular complexity index is 463. The monoisotopic (exact) mass is 255 g/mol. The van der Waals surface area contributed by atoms with E-state index in [0.29, 0.717) is 6.54 Å². The van der Waals surface area contributed by atoms with Gasteiger partial charge in [0.1, 0.15) is 0 Å². The summed E-state index contributed by atoms with van der Waals surface area (Å²) in [5.41, 5.74) is 0.738. The van der Waals surface area contributed by atoms with Gasteiger partial charge in [0.25, 0.3) is 10.8 Å². The Kier molecular flexibility index (Phi) is 4.94. The highest BCUT2D eigenvalue weighted by molar-refractivity contribution is 6.67. The molecule has 0 N–H and O–H groups in total. The maximum atomic E-state index is 12.1. The molecule has 0 spiro atoms. The van der Waals surface area contributed by atoms with Gasteiger partial charge in [-0.2, -0.15) is 0 Å². The molecule has 0 bridgehead atoms. The van der Waals surface area contributed by atoms with Crippen LogP contribution in [0.1, 0.15) is 55.6 Å². The third kappa shape index (κ3) is 3.19. The van der Waals surface area contributed by atoms with Crippen LogP contribution in [0.2, 0.25) is 0 Å². The summed E-state index contributed by atoms with van der Waals surface area (Å²) in [6.45, 7) is 6.76. The van der Waals surface area contributed by atoms with Crippen molar-refractivity contribution in [3.8, 4) is 0 Å². The molecule has 0 saturated carbocycles. The van der Waals surface area contributed by atoms with Crippen molar-refractivity contribution in [2.24, 2.45) is 0 Å². The SMILES string of the molecule is CCCCn1c(C(C)C)ccc(C(=O)Cl)c1=O. The Labute approximate surface area is 106 Å². The minimum atomic E-state index is -0.685. The molecule has 4 heteroatoms. The first-order chi connectivity index (χ1) is 7.99. The topological polar surface area (TPSA) is 39.1 Å². The second kappa shape index (κ2) is 6.01. The number of pyridine rings is 1. The van der Waals surface area contributed by atoms with Crippen molar-refractivity contribution in [1.82, 2.24) is 4.57 Å². The molecule has 1 rings (SSSR count). The summed E-state index contributed by atoms with van der Waals surface area (Å²) in [5, 5.41) is -0.685. The van der Waals surface area contributed by atoms with Crippen molar-refractivity contribution >= 4 is 16.8 Å². The molecule has 0 unspecified atom stereocenters.